The van der Waals surface area contributed by atoms with Crippen molar-refractivity contribution in [1.82, 2.24) is 5.32 Å². The number of nitrogens with one attached hydrogen (secondary N) is 1. The summed E-state index contributed by atoms with van der Waals surface area (Å²) in [4.78, 5) is 25.2. The van der Waals surface area contributed by atoms with E-state index in [1.807, 2.05) is 50.2 Å². The molecule has 0 saturated carbocycles. The van der Waals surface area contributed by atoms with E-state index in [1.165, 1.54) is 11.3 Å². The van der Waals surface area contributed by atoms with Gasteiger partial charge in [0.1, 0.15) is 0 Å². The van der Waals surface area contributed by atoms with Crippen molar-refractivity contribution in [3.63, 3.8) is 0 Å². The molecule has 1 atom stereocenters. The first kappa shape index (κ1) is 16.2. The second-order valence-corrected chi connectivity index (χ2v) is 6.54. The molecule has 0 fully saturated rings. The lowest BCUT2D eigenvalue weighted by molar-refractivity contribution is -0.141. The number of benzene rings is 1. The van der Waals surface area contributed by atoms with Crippen LogP contribution in [0.25, 0.3) is 0 Å². The minimum atomic E-state index is -0.900. The van der Waals surface area contributed by atoms with E-state index in [0.29, 0.717) is 11.3 Å². The molecule has 4 nitrogen and oxygen atoms in total. The van der Waals surface area contributed by atoms with E-state index in [4.69, 9.17) is 0 Å². The monoisotopic (exact) mass is 317 g/mol. The van der Waals surface area contributed by atoms with Gasteiger partial charge in [0.2, 0.25) is 0 Å². The Bertz CT molecular complexity index is 644. The molecule has 1 unspecified atom stereocenters. The zero-order valence-electron chi connectivity index (χ0n) is 12.6. The van der Waals surface area contributed by atoms with Gasteiger partial charge in [-0.3, -0.25) is 9.59 Å². The van der Waals surface area contributed by atoms with Gasteiger partial charge in [-0.05, 0) is 37.5 Å². The minimum Gasteiger partial charge on any atom is -0.481 e. The molecule has 1 aromatic heterocycles. The Morgan fingerprint density at radius 3 is 2.45 bits per heavy atom. The van der Waals surface area contributed by atoms with Gasteiger partial charge in [-0.2, -0.15) is 0 Å². The average Bonchev–Trinajstić information content (AvgIpc) is 2.83. The lowest BCUT2D eigenvalue weighted by Gasteiger charge is -2.13. The number of hydrogen-bond donors (Lipinski definition) is 2. The van der Waals surface area contributed by atoms with Crippen LogP contribution in [0.4, 0.5) is 0 Å². The van der Waals surface area contributed by atoms with Crippen LogP contribution in [-0.2, 0) is 11.2 Å². The number of carbonyl (C=O) groups is 2. The molecular weight excluding hydrogens is 298 g/mol. The quantitative estimate of drug-likeness (QED) is 0.860. The number of carboxylic acids is 1. The highest BCUT2D eigenvalue weighted by Gasteiger charge is 2.20. The first-order valence-electron chi connectivity index (χ1n) is 7.09. The summed E-state index contributed by atoms with van der Waals surface area (Å²) < 4.78 is 0. The third-order valence-corrected chi connectivity index (χ3v) is 4.72. The van der Waals surface area contributed by atoms with E-state index in [0.717, 1.165) is 16.0 Å². The van der Waals surface area contributed by atoms with Crippen LogP contribution >= 0.6 is 11.3 Å². The molecule has 0 bridgehead atoms. The van der Waals surface area contributed by atoms with Crippen LogP contribution in [0.2, 0.25) is 0 Å². The van der Waals surface area contributed by atoms with Crippen LogP contribution in [-0.4, -0.2) is 23.5 Å². The maximum absolute atomic E-state index is 12.1. The molecule has 0 saturated heterocycles. The molecule has 22 heavy (non-hydrogen) atoms. The number of aliphatic carboxylic acids is 1. The van der Waals surface area contributed by atoms with Gasteiger partial charge < -0.3 is 10.4 Å². The molecule has 1 aromatic carbocycles. The molecular formula is C17H19NO3S. The van der Waals surface area contributed by atoms with E-state index in [-0.39, 0.29) is 12.5 Å². The second-order valence-electron chi connectivity index (χ2n) is 5.28. The summed E-state index contributed by atoms with van der Waals surface area (Å²) in [6.45, 7) is 4.05. The van der Waals surface area contributed by atoms with Crippen LogP contribution in [0.3, 0.4) is 0 Å². The predicted molar refractivity (Wildman–Crippen MR) is 87.4 cm³/mol. The van der Waals surface area contributed by atoms with E-state index in [9.17, 15) is 14.7 Å². The number of carboxylic acid groups (broad SMARTS) is 1. The highest BCUT2D eigenvalue weighted by molar-refractivity contribution is 7.14. The molecule has 0 spiro atoms. The van der Waals surface area contributed by atoms with Gasteiger partial charge in [-0.25, -0.2) is 0 Å². The Hall–Kier alpha value is -2.14. The Kier molecular flexibility index (Phi) is 5.33. The molecule has 0 radical (unpaired) electrons. The standard InChI is InChI=1S/C17H19NO3S/c1-11-8-15(22-12(11)2)16(19)18-10-14(17(20)21)9-13-6-4-3-5-7-13/h3-8,14H,9-10H2,1-2H3,(H,18,19)(H,20,21). The smallest absolute Gasteiger partial charge is 0.308 e. The summed E-state index contributed by atoms with van der Waals surface area (Å²) in [6, 6.07) is 11.3. The summed E-state index contributed by atoms with van der Waals surface area (Å²) >= 11 is 1.43. The number of hydrogen-bond acceptors (Lipinski definition) is 3. The zero-order chi connectivity index (χ0) is 16.1. The van der Waals surface area contributed by atoms with E-state index < -0.39 is 11.9 Å². The van der Waals surface area contributed by atoms with E-state index in [1.54, 1.807) is 0 Å². The number of aryl methyl sites for hydroxylation is 2. The second kappa shape index (κ2) is 7.22. The minimum absolute atomic E-state index is 0.124. The Morgan fingerprint density at radius 2 is 1.91 bits per heavy atom. The normalized spacial score (nSPS) is 11.9. The lowest BCUT2D eigenvalue weighted by Crippen LogP contribution is -2.33. The zero-order valence-corrected chi connectivity index (χ0v) is 13.4. The lowest BCUT2D eigenvalue weighted by atomic mass is 9.99. The number of thiophene rings is 1. The number of carbonyl (C=O) groups excluding carboxylic acids is 1. The van der Waals surface area contributed by atoms with Crippen molar-refractivity contribution in [3.8, 4) is 0 Å². The van der Waals surface area contributed by atoms with Gasteiger partial charge in [-0.1, -0.05) is 30.3 Å². The first-order valence-corrected chi connectivity index (χ1v) is 7.91. The first-order chi connectivity index (χ1) is 10.5. The molecule has 2 aromatic rings. The fourth-order valence-electron chi connectivity index (χ4n) is 2.13. The summed E-state index contributed by atoms with van der Waals surface area (Å²) in [7, 11) is 0. The van der Waals surface area contributed by atoms with Gasteiger partial charge in [0.25, 0.3) is 5.91 Å². The SMILES string of the molecule is Cc1cc(C(=O)NCC(Cc2ccccc2)C(=O)O)sc1C. The van der Waals surface area contributed by atoms with Gasteiger partial charge in [0.05, 0.1) is 10.8 Å². The van der Waals surface area contributed by atoms with Gasteiger partial charge in [0.15, 0.2) is 0 Å². The molecule has 5 heteroatoms. The molecule has 0 aliphatic rings. The van der Waals surface area contributed by atoms with Gasteiger partial charge in [-0.15, -0.1) is 11.3 Å². The van der Waals surface area contributed by atoms with E-state index in [2.05, 4.69) is 5.32 Å². The van der Waals surface area contributed by atoms with Crippen molar-refractivity contribution < 1.29 is 14.7 Å². The average molecular weight is 317 g/mol. The number of amides is 1. The highest BCUT2D eigenvalue weighted by atomic mass is 32.1. The van der Waals surface area contributed by atoms with Gasteiger partial charge in [0, 0.05) is 11.4 Å². The molecule has 2 N–H and O–H groups in total. The van der Waals surface area contributed by atoms with Crippen LogP contribution in [0.5, 0.6) is 0 Å². The fourth-order valence-corrected chi connectivity index (χ4v) is 3.08. The summed E-state index contributed by atoms with van der Waals surface area (Å²) in [5.41, 5.74) is 2.03. The van der Waals surface area contributed by atoms with Crippen LogP contribution < -0.4 is 5.32 Å². The summed E-state index contributed by atoms with van der Waals surface area (Å²) in [5, 5.41) is 12.0. The van der Waals surface area contributed by atoms with Crippen molar-refractivity contribution in [2.24, 2.45) is 5.92 Å². The Morgan fingerprint density at radius 1 is 1.23 bits per heavy atom. The van der Waals surface area contributed by atoms with Crippen molar-refractivity contribution >= 4 is 23.2 Å². The maximum Gasteiger partial charge on any atom is 0.308 e. The summed E-state index contributed by atoms with van der Waals surface area (Å²) in [5.74, 6) is -1.74. The Balaban J connectivity index is 1.97. The van der Waals surface area contributed by atoms with Gasteiger partial charge >= 0.3 is 5.97 Å². The predicted octanol–water partition coefficient (Wildman–Crippen LogP) is 3.04. The molecule has 2 rings (SSSR count). The molecule has 0 aliphatic heterocycles. The molecule has 1 amide bonds. The van der Waals surface area contributed by atoms with Crippen LogP contribution in [0.1, 0.15) is 25.7 Å². The highest BCUT2D eigenvalue weighted by Crippen LogP contribution is 2.20. The van der Waals surface area contributed by atoms with Crippen molar-refractivity contribution in [1.29, 1.82) is 0 Å². The van der Waals surface area contributed by atoms with Crippen molar-refractivity contribution in [3.05, 3.63) is 57.3 Å². The topological polar surface area (TPSA) is 66.4 Å². The molecule has 0 aliphatic carbocycles. The maximum atomic E-state index is 12.1. The third kappa shape index (κ3) is 4.18. The molecule has 1 heterocycles. The third-order valence-electron chi connectivity index (χ3n) is 3.57. The van der Waals surface area contributed by atoms with E-state index >= 15 is 0 Å². The Labute approximate surface area is 133 Å². The van der Waals surface area contributed by atoms with Crippen LogP contribution in [0, 0.1) is 19.8 Å². The fraction of sp³-hybridized carbons (Fsp3) is 0.294. The van der Waals surface area contributed by atoms with Crippen molar-refractivity contribution in [2.75, 3.05) is 6.54 Å². The van der Waals surface area contributed by atoms with Crippen LogP contribution in [0.15, 0.2) is 36.4 Å². The van der Waals surface area contributed by atoms with Crippen molar-refractivity contribution in [2.45, 2.75) is 20.3 Å². The molecule has 116 valence electrons. The largest absolute Gasteiger partial charge is 0.481 e. The number of rotatable bonds is 6. The summed E-state index contributed by atoms with van der Waals surface area (Å²) in [6.07, 6.45) is 0.402.